The Morgan fingerprint density at radius 2 is 1.86 bits per heavy atom. The number of hydrogen-bond acceptors (Lipinski definition) is 6. The molecule has 0 aliphatic heterocycles. The van der Waals surface area contributed by atoms with Crippen LogP contribution in [0.5, 0.6) is 5.75 Å². The molecule has 6 nitrogen and oxygen atoms in total. The Kier molecular flexibility index (Phi) is 6.89. The largest absolute Gasteiger partial charge is 0.497 e. The van der Waals surface area contributed by atoms with Crippen LogP contribution in [0.25, 0.3) is 0 Å². The van der Waals surface area contributed by atoms with Crippen molar-refractivity contribution < 1.29 is 27.9 Å². The number of carbonyl (C=O) groups is 1. The van der Waals surface area contributed by atoms with E-state index in [9.17, 15) is 9.36 Å². The van der Waals surface area contributed by atoms with Gasteiger partial charge < -0.3 is 18.5 Å². The van der Waals surface area contributed by atoms with E-state index in [1.54, 1.807) is 38.1 Å². The third kappa shape index (κ3) is 4.84. The first-order chi connectivity index (χ1) is 9.96. The highest BCUT2D eigenvalue weighted by molar-refractivity contribution is 7.54. The van der Waals surface area contributed by atoms with Crippen LogP contribution < -0.4 is 4.74 Å². The van der Waals surface area contributed by atoms with Crippen molar-refractivity contribution in [1.29, 1.82) is 0 Å². The summed E-state index contributed by atoms with van der Waals surface area (Å²) in [6, 6.07) is 6.77. The number of carbonyl (C=O) groups excluding carboxylic acids is 1. The van der Waals surface area contributed by atoms with Crippen molar-refractivity contribution in [1.82, 2.24) is 0 Å². The van der Waals surface area contributed by atoms with Crippen LogP contribution in [0.4, 0.5) is 0 Å². The summed E-state index contributed by atoms with van der Waals surface area (Å²) in [6.45, 7) is 5.00. The van der Waals surface area contributed by atoms with Crippen molar-refractivity contribution >= 4 is 13.6 Å². The van der Waals surface area contributed by atoms with Gasteiger partial charge in [0.2, 0.25) is 5.85 Å². The van der Waals surface area contributed by atoms with Gasteiger partial charge >= 0.3 is 13.6 Å². The second-order valence-corrected chi connectivity index (χ2v) is 6.18. The molecule has 21 heavy (non-hydrogen) atoms. The molecule has 0 amide bonds. The van der Waals surface area contributed by atoms with Crippen LogP contribution in [0.2, 0.25) is 0 Å². The van der Waals surface area contributed by atoms with Gasteiger partial charge in [-0.25, -0.2) is 0 Å². The Labute approximate surface area is 124 Å². The van der Waals surface area contributed by atoms with Crippen LogP contribution in [-0.2, 0) is 23.1 Å². The van der Waals surface area contributed by atoms with Crippen LogP contribution in [0, 0.1) is 0 Å². The van der Waals surface area contributed by atoms with Gasteiger partial charge in [-0.2, -0.15) is 0 Å². The summed E-state index contributed by atoms with van der Waals surface area (Å²) in [6.07, 6.45) is 0. The molecule has 1 aromatic rings. The molecule has 0 fully saturated rings. The van der Waals surface area contributed by atoms with Gasteiger partial charge in [-0.3, -0.25) is 9.36 Å². The van der Waals surface area contributed by atoms with E-state index in [1.165, 1.54) is 14.0 Å². The average molecular weight is 316 g/mol. The number of methoxy groups -OCH3 is 1. The van der Waals surface area contributed by atoms with Gasteiger partial charge in [0.05, 0.1) is 20.3 Å². The Hall–Kier alpha value is -1.36. The minimum absolute atomic E-state index is 0.180. The monoisotopic (exact) mass is 316 g/mol. The van der Waals surface area contributed by atoms with Gasteiger partial charge in [-0.05, 0) is 26.0 Å². The molecule has 1 aromatic carbocycles. The van der Waals surface area contributed by atoms with E-state index in [2.05, 4.69) is 0 Å². The zero-order valence-corrected chi connectivity index (χ0v) is 13.6. The fraction of sp³-hybridized carbons (Fsp3) is 0.500. The molecule has 0 N–H and O–H groups in total. The molecule has 0 radical (unpaired) electrons. The Morgan fingerprint density at radius 3 is 2.33 bits per heavy atom. The molecule has 1 atom stereocenters. The molecular weight excluding hydrogens is 295 g/mol. The summed E-state index contributed by atoms with van der Waals surface area (Å²) in [5, 5.41) is 0. The Balaban J connectivity index is 3.24. The van der Waals surface area contributed by atoms with Crippen molar-refractivity contribution in [3.8, 4) is 5.75 Å². The second kappa shape index (κ2) is 8.17. The number of ether oxygens (including phenoxy) is 2. The van der Waals surface area contributed by atoms with Gasteiger partial charge in [0, 0.05) is 12.5 Å². The van der Waals surface area contributed by atoms with E-state index in [-0.39, 0.29) is 13.2 Å². The molecule has 0 aliphatic carbocycles. The molecule has 0 aromatic heterocycles. The molecule has 1 unspecified atom stereocenters. The number of esters is 1. The summed E-state index contributed by atoms with van der Waals surface area (Å²) in [5.41, 5.74) is 0.495. The topological polar surface area (TPSA) is 71.1 Å². The van der Waals surface area contributed by atoms with Crippen molar-refractivity contribution in [2.24, 2.45) is 0 Å². The maximum Gasteiger partial charge on any atom is 0.375 e. The zero-order chi connectivity index (χ0) is 15.9. The summed E-state index contributed by atoms with van der Waals surface area (Å²) in [4.78, 5) is 11.4. The van der Waals surface area contributed by atoms with Crippen LogP contribution in [0.3, 0.4) is 0 Å². The standard InChI is InChI=1S/C14H21O6P/c1-5-18-21(16,19-6-2)14(20-11(3)15)12-8-7-9-13(10-12)17-4/h7-10,14H,5-6H2,1-4H3. The summed E-state index contributed by atoms with van der Waals surface area (Å²) >= 11 is 0. The third-order valence-electron chi connectivity index (χ3n) is 2.56. The lowest BCUT2D eigenvalue weighted by atomic mass is 10.2. The molecule has 0 saturated heterocycles. The summed E-state index contributed by atoms with van der Waals surface area (Å²) < 4.78 is 33.8. The lowest BCUT2D eigenvalue weighted by Crippen LogP contribution is -2.13. The molecule has 0 spiro atoms. The minimum Gasteiger partial charge on any atom is -0.497 e. The van der Waals surface area contributed by atoms with Gasteiger partial charge in [-0.1, -0.05) is 12.1 Å². The fourth-order valence-corrected chi connectivity index (χ4v) is 3.67. The first-order valence-electron chi connectivity index (χ1n) is 6.66. The third-order valence-corrected chi connectivity index (χ3v) is 4.78. The van der Waals surface area contributed by atoms with Gasteiger partial charge in [0.1, 0.15) is 5.75 Å². The van der Waals surface area contributed by atoms with E-state index in [4.69, 9.17) is 18.5 Å². The van der Waals surface area contributed by atoms with Crippen molar-refractivity contribution in [2.45, 2.75) is 26.6 Å². The predicted octanol–water partition coefficient (Wildman–Crippen LogP) is 3.52. The van der Waals surface area contributed by atoms with E-state index < -0.39 is 19.4 Å². The maximum absolute atomic E-state index is 12.9. The second-order valence-electron chi connectivity index (χ2n) is 4.11. The van der Waals surface area contributed by atoms with E-state index in [0.717, 1.165) is 0 Å². The van der Waals surface area contributed by atoms with E-state index >= 15 is 0 Å². The predicted molar refractivity (Wildman–Crippen MR) is 78.4 cm³/mol. The average Bonchev–Trinajstić information content (AvgIpc) is 2.45. The minimum atomic E-state index is -3.63. The first-order valence-corrected chi connectivity index (χ1v) is 8.28. The highest BCUT2D eigenvalue weighted by Crippen LogP contribution is 2.61. The Bertz CT molecular complexity index is 506. The van der Waals surface area contributed by atoms with Crippen LogP contribution in [0.15, 0.2) is 24.3 Å². The van der Waals surface area contributed by atoms with Gasteiger partial charge in [-0.15, -0.1) is 0 Å². The highest BCUT2D eigenvalue weighted by Gasteiger charge is 2.40. The van der Waals surface area contributed by atoms with Crippen molar-refractivity contribution in [3.05, 3.63) is 29.8 Å². The summed E-state index contributed by atoms with van der Waals surface area (Å²) in [5.74, 6) is -1.13. The molecule has 0 bridgehead atoms. The molecule has 0 aliphatic rings. The lowest BCUT2D eigenvalue weighted by molar-refractivity contribution is -0.144. The molecule has 0 heterocycles. The van der Waals surface area contributed by atoms with E-state index in [1.807, 2.05) is 0 Å². The quantitative estimate of drug-likeness (QED) is 0.540. The van der Waals surface area contributed by atoms with Crippen LogP contribution >= 0.6 is 7.60 Å². The summed E-state index contributed by atoms with van der Waals surface area (Å²) in [7, 11) is -2.12. The lowest BCUT2D eigenvalue weighted by Gasteiger charge is -2.26. The molecule has 0 saturated carbocycles. The SMILES string of the molecule is CCOP(=O)(OCC)C(OC(C)=O)c1cccc(OC)c1. The van der Waals surface area contributed by atoms with Crippen molar-refractivity contribution in [2.75, 3.05) is 20.3 Å². The number of benzene rings is 1. The fourth-order valence-electron chi connectivity index (χ4n) is 1.80. The van der Waals surface area contributed by atoms with Crippen molar-refractivity contribution in [3.63, 3.8) is 0 Å². The normalized spacial score (nSPS) is 12.8. The smallest absolute Gasteiger partial charge is 0.375 e. The molecule has 7 heteroatoms. The molecule has 1 rings (SSSR count). The van der Waals surface area contributed by atoms with Crippen LogP contribution in [-0.4, -0.2) is 26.3 Å². The number of rotatable bonds is 8. The first kappa shape index (κ1) is 17.7. The molecular formula is C14H21O6P. The van der Waals surface area contributed by atoms with Gasteiger partial charge in [0.15, 0.2) is 0 Å². The molecule has 118 valence electrons. The van der Waals surface area contributed by atoms with Gasteiger partial charge in [0.25, 0.3) is 0 Å². The number of hydrogen-bond donors (Lipinski definition) is 0. The van der Waals surface area contributed by atoms with E-state index in [0.29, 0.717) is 11.3 Å². The zero-order valence-electron chi connectivity index (χ0n) is 12.7. The highest BCUT2D eigenvalue weighted by atomic mass is 31.2. The Morgan fingerprint density at radius 1 is 1.24 bits per heavy atom. The van der Waals surface area contributed by atoms with Crippen LogP contribution in [0.1, 0.15) is 32.2 Å². The maximum atomic E-state index is 12.9.